The lowest BCUT2D eigenvalue weighted by atomic mass is 9.83. The average Bonchev–Trinajstić information content (AvgIpc) is 3.30. The van der Waals surface area contributed by atoms with E-state index in [9.17, 15) is 0 Å². The number of fused-ring (bicyclic) bond motifs is 2. The van der Waals surface area contributed by atoms with Crippen LogP contribution in [-0.2, 0) is 25.7 Å². The van der Waals surface area contributed by atoms with Crippen molar-refractivity contribution in [1.82, 2.24) is 0 Å². The van der Waals surface area contributed by atoms with E-state index in [-0.39, 0.29) is 0 Å². The lowest BCUT2D eigenvalue weighted by molar-refractivity contribution is 0.899. The van der Waals surface area contributed by atoms with Crippen LogP contribution in [0.25, 0.3) is 22.3 Å². The Labute approximate surface area is 144 Å². The SMILES string of the molecule is c1ccc(-c2c3c(c(-c4ccccc4)c4c2CCC4)CCC3)cc1. The first-order valence-electron chi connectivity index (χ1n) is 9.24. The highest BCUT2D eigenvalue weighted by atomic mass is 14.3. The molecule has 0 heteroatoms. The van der Waals surface area contributed by atoms with Crippen molar-refractivity contribution in [2.45, 2.75) is 38.5 Å². The van der Waals surface area contributed by atoms with Crippen LogP contribution in [0.1, 0.15) is 35.1 Å². The van der Waals surface area contributed by atoms with Crippen LogP contribution in [0.5, 0.6) is 0 Å². The Morgan fingerprint density at radius 1 is 0.417 bits per heavy atom. The summed E-state index contributed by atoms with van der Waals surface area (Å²) in [5.41, 5.74) is 12.6. The quantitative estimate of drug-likeness (QED) is 0.544. The smallest absolute Gasteiger partial charge is 0.0114 e. The fourth-order valence-corrected chi connectivity index (χ4v) is 4.86. The summed E-state index contributed by atoms with van der Waals surface area (Å²) in [4.78, 5) is 0. The van der Waals surface area contributed by atoms with Crippen molar-refractivity contribution in [3.05, 3.63) is 82.9 Å². The normalized spacial score (nSPS) is 15.3. The van der Waals surface area contributed by atoms with Crippen molar-refractivity contribution in [1.29, 1.82) is 0 Å². The van der Waals surface area contributed by atoms with Crippen LogP contribution in [-0.4, -0.2) is 0 Å². The van der Waals surface area contributed by atoms with E-state index < -0.39 is 0 Å². The van der Waals surface area contributed by atoms with Crippen LogP contribution in [0.2, 0.25) is 0 Å². The molecule has 0 atom stereocenters. The Kier molecular flexibility index (Phi) is 3.29. The van der Waals surface area contributed by atoms with Gasteiger partial charge in [0.25, 0.3) is 0 Å². The van der Waals surface area contributed by atoms with E-state index in [0.717, 1.165) is 0 Å². The molecule has 118 valence electrons. The standard InChI is InChI=1S/C24H22/c1-3-9-17(10-4-1)23-19-13-7-15-21(19)24(18-11-5-2-6-12-18)22-16-8-14-20(22)23/h1-6,9-12H,7-8,13-16H2. The molecule has 0 fully saturated rings. The van der Waals surface area contributed by atoms with Crippen LogP contribution in [0.3, 0.4) is 0 Å². The topological polar surface area (TPSA) is 0 Å². The first kappa shape index (κ1) is 14.0. The zero-order chi connectivity index (χ0) is 15.9. The van der Waals surface area contributed by atoms with Gasteiger partial charge >= 0.3 is 0 Å². The van der Waals surface area contributed by atoms with Gasteiger partial charge in [0.15, 0.2) is 0 Å². The van der Waals surface area contributed by atoms with Crippen molar-refractivity contribution in [3.63, 3.8) is 0 Å². The molecule has 5 rings (SSSR count). The molecule has 0 unspecified atom stereocenters. The third-order valence-corrected chi connectivity index (χ3v) is 5.77. The fourth-order valence-electron chi connectivity index (χ4n) is 4.86. The number of rotatable bonds is 2. The first-order chi connectivity index (χ1) is 11.9. The Morgan fingerprint density at radius 3 is 1.08 bits per heavy atom. The van der Waals surface area contributed by atoms with Crippen molar-refractivity contribution >= 4 is 0 Å². The average molecular weight is 310 g/mol. The molecule has 0 spiro atoms. The van der Waals surface area contributed by atoms with E-state index >= 15 is 0 Å². The van der Waals surface area contributed by atoms with E-state index in [2.05, 4.69) is 60.7 Å². The minimum Gasteiger partial charge on any atom is -0.0622 e. The second kappa shape index (κ2) is 5.63. The van der Waals surface area contributed by atoms with Gasteiger partial charge < -0.3 is 0 Å². The van der Waals surface area contributed by atoms with Gasteiger partial charge in [-0.1, -0.05) is 60.7 Å². The summed E-state index contributed by atoms with van der Waals surface area (Å²) in [6.07, 6.45) is 7.58. The van der Waals surface area contributed by atoms with Gasteiger partial charge in [-0.2, -0.15) is 0 Å². The molecular formula is C24H22. The lowest BCUT2D eigenvalue weighted by Gasteiger charge is -2.21. The summed E-state index contributed by atoms with van der Waals surface area (Å²) in [5.74, 6) is 0. The second-order valence-corrected chi connectivity index (χ2v) is 7.10. The molecule has 2 aliphatic carbocycles. The van der Waals surface area contributed by atoms with E-state index in [4.69, 9.17) is 0 Å². The van der Waals surface area contributed by atoms with Crippen LogP contribution in [0, 0.1) is 0 Å². The molecule has 3 aromatic rings. The Balaban J connectivity index is 1.85. The Hall–Kier alpha value is -2.34. The van der Waals surface area contributed by atoms with Gasteiger partial charge in [0.05, 0.1) is 0 Å². The van der Waals surface area contributed by atoms with Gasteiger partial charge in [0, 0.05) is 0 Å². The number of hydrogen-bond acceptors (Lipinski definition) is 0. The Bertz CT molecular complexity index is 779. The summed E-state index contributed by atoms with van der Waals surface area (Å²) >= 11 is 0. The summed E-state index contributed by atoms with van der Waals surface area (Å²) < 4.78 is 0. The lowest BCUT2D eigenvalue weighted by Crippen LogP contribution is -2.01. The highest BCUT2D eigenvalue weighted by molar-refractivity contribution is 5.85. The van der Waals surface area contributed by atoms with Crippen LogP contribution < -0.4 is 0 Å². The van der Waals surface area contributed by atoms with Gasteiger partial charge in [-0.25, -0.2) is 0 Å². The van der Waals surface area contributed by atoms with Crippen LogP contribution >= 0.6 is 0 Å². The van der Waals surface area contributed by atoms with Gasteiger partial charge in [-0.05, 0) is 83.0 Å². The van der Waals surface area contributed by atoms with E-state index in [0.29, 0.717) is 0 Å². The maximum atomic E-state index is 2.30. The fraction of sp³-hybridized carbons (Fsp3) is 0.250. The maximum absolute atomic E-state index is 2.30. The molecule has 0 saturated heterocycles. The van der Waals surface area contributed by atoms with Gasteiger partial charge in [-0.3, -0.25) is 0 Å². The molecule has 0 radical (unpaired) electrons. The highest BCUT2D eigenvalue weighted by Gasteiger charge is 2.29. The maximum Gasteiger partial charge on any atom is -0.0114 e. The molecule has 0 N–H and O–H groups in total. The third-order valence-electron chi connectivity index (χ3n) is 5.77. The molecule has 0 heterocycles. The van der Waals surface area contributed by atoms with Crippen molar-refractivity contribution < 1.29 is 0 Å². The summed E-state index contributed by atoms with van der Waals surface area (Å²) in [5, 5.41) is 0. The molecule has 0 aliphatic heterocycles. The zero-order valence-electron chi connectivity index (χ0n) is 14.0. The van der Waals surface area contributed by atoms with Crippen LogP contribution in [0.15, 0.2) is 60.7 Å². The number of hydrogen-bond donors (Lipinski definition) is 0. The molecule has 0 bridgehead atoms. The largest absolute Gasteiger partial charge is 0.0622 e. The summed E-state index contributed by atoms with van der Waals surface area (Å²) in [6.45, 7) is 0. The molecular weight excluding hydrogens is 288 g/mol. The van der Waals surface area contributed by atoms with Gasteiger partial charge in [-0.15, -0.1) is 0 Å². The van der Waals surface area contributed by atoms with E-state index in [1.807, 2.05) is 0 Å². The molecule has 0 saturated carbocycles. The molecule has 2 aliphatic rings. The second-order valence-electron chi connectivity index (χ2n) is 7.10. The number of benzene rings is 3. The predicted molar refractivity (Wildman–Crippen MR) is 101 cm³/mol. The van der Waals surface area contributed by atoms with Crippen molar-refractivity contribution in [2.75, 3.05) is 0 Å². The van der Waals surface area contributed by atoms with Gasteiger partial charge in [0.1, 0.15) is 0 Å². The van der Waals surface area contributed by atoms with E-state index in [1.165, 1.54) is 49.7 Å². The summed E-state index contributed by atoms with van der Waals surface area (Å²) in [6, 6.07) is 22.2. The third kappa shape index (κ3) is 2.06. The molecule has 24 heavy (non-hydrogen) atoms. The molecule has 0 amide bonds. The van der Waals surface area contributed by atoms with Crippen LogP contribution in [0.4, 0.5) is 0 Å². The molecule has 0 nitrogen and oxygen atoms in total. The van der Waals surface area contributed by atoms with Crippen molar-refractivity contribution in [2.24, 2.45) is 0 Å². The van der Waals surface area contributed by atoms with Gasteiger partial charge in [0.2, 0.25) is 0 Å². The Morgan fingerprint density at radius 2 is 0.750 bits per heavy atom. The zero-order valence-corrected chi connectivity index (χ0v) is 14.0. The highest BCUT2D eigenvalue weighted by Crippen LogP contribution is 2.46. The predicted octanol–water partition coefficient (Wildman–Crippen LogP) is 6.00. The minimum atomic E-state index is 1.24. The minimum absolute atomic E-state index is 1.24. The monoisotopic (exact) mass is 310 g/mol. The van der Waals surface area contributed by atoms with E-state index in [1.54, 1.807) is 33.4 Å². The summed E-state index contributed by atoms with van der Waals surface area (Å²) in [7, 11) is 0. The van der Waals surface area contributed by atoms with Crippen molar-refractivity contribution in [3.8, 4) is 22.3 Å². The molecule has 0 aromatic heterocycles. The molecule has 3 aromatic carbocycles. The first-order valence-corrected chi connectivity index (χ1v) is 9.24.